The Bertz CT molecular complexity index is 673. The van der Waals surface area contributed by atoms with Crippen LogP contribution in [0.4, 0.5) is 10.6 Å². The Morgan fingerprint density at radius 2 is 2.00 bits per heavy atom. The molecule has 1 saturated heterocycles. The van der Waals surface area contributed by atoms with Crippen LogP contribution in [0.3, 0.4) is 0 Å². The van der Waals surface area contributed by atoms with E-state index in [2.05, 4.69) is 20.2 Å². The summed E-state index contributed by atoms with van der Waals surface area (Å²) < 4.78 is 0. The van der Waals surface area contributed by atoms with Crippen molar-refractivity contribution in [1.82, 2.24) is 25.1 Å². The summed E-state index contributed by atoms with van der Waals surface area (Å²) in [4.78, 5) is 38.5. The van der Waals surface area contributed by atoms with Crippen LogP contribution in [0, 0.1) is 0 Å². The monoisotopic (exact) mass is 332 g/mol. The number of nitrogens with zero attached hydrogens (tertiary/aromatic N) is 5. The molecule has 0 aliphatic carbocycles. The molecule has 1 fully saturated rings. The lowest BCUT2D eigenvalue weighted by atomic mass is 10.1. The maximum Gasteiger partial charge on any atom is 0.325 e. The molecule has 0 atom stereocenters. The number of nitrogens with one attached hydrogen (secondary N) is 1. The molecule has 3 rings (SSSR count). The van der Waals surface area contributed by atoms with Crippen LogP contribution in [0.5, 0.6) is 0 Å². The predicted octanol–water partition coefficient (Wildman–Crippen LogP) is 0.231. The van der Waals surface area contributed by atoms with Crippen molar-refractivity contribution in [2.45, 2.75) is 32.4 Å². The van der Waals surface area contributed by atoms with E-state index in [0.717, 1.165) is 36.6 Å². The van der Waals surface area contributed by atoms with E-state index in [1.165, 1.54) is 4.90 Å². The average molecular weight is 332 g/mol. The van der Waals surface area contributed by atoms with Crippen molar-refractivity contribution in [2.75, 3.05) is 38.6 Å². The third-order valence-corrected chi connectivity index (χ3v) is 4.57. The van der Waals surface area contributed by atoms with Gasteiger partial charge in [-0.2, -0.15) is 0 Å². The van der Waals surface area contributed by atoms with Crippen molar-refractivity contribution in [3.63, 3.8) is 0 Å². The fraction of sp³-hybridized carbons (Fsp3) is 0.625. The van der Waals surface area contributed by atoms with Crippen LogP contribution < -0.4 is 10.2 Å². The minimum Gasteiger partial charge on any atom is -0.362 e. The molecule has 0 aromatic carbocycles. The smallest absolute Gasteiger partial charge is 0.325 e. The molecule has 1 N–H and O–H groups in total. The number of carbonyl (C=O) groups is 2. The Morgan fingerprint density at radius 3 is 2.62 bits per heavy atom. The first-order valence-corrected chi connectivity index (χ1v) is 8.16. The van der Waals surface area contributed by atoms with Gasteiger partial charge in [0.1, 0.15) is 17.7 Å². The highest BCUT2D eigenvalue weighted by atomic mass is 16.2. The number of hydrogen-bond acceptors (Lipinski definition) is 6. The van der Waals surface area contributed by atoms with Gasteiger partial charge in [0.2, 0.25) is 0 Å². The SMILES string of the molecule is CN(C)c1ncnc2c1CN(CCN1C(=O)NC(C)(C)C1=O)CC2. The van der Waals surface area contributed by atoms with Crippen LogP contribution in [0.1, 0.15) is 25.1 Å². The maximum absolute atomic E-state index is 12.2. The van der Waals surface area contributed by atoms with Gasteiger partial charge in [0.25, 0.3) is 5.91 Å². The van der Waals surface area contributed by atoms with E-state index in [4.69, 9.17) is 0 Å². The Labute approximate surface area is 141 Å². The van der Waals surface area contributed by atoms with E-state index < -0.39 is 5.54 Å². The molecule has 0 saturated carbocycles. The summed E-state index contributed by atoms with van der Waals surface area (Å²) in [5, 5.41) is 2.71. The Morgan fingerprint density at radius 1 is 1.25 bits per heavy atom. The molecule has 0 unspecified atom stereocenters. The topological polar surface area (TPSA) is 81.7 Å². The van der Waals surface area contributed by atoms with E-state index in [0.29, 0.717) is 13.1 Å². The molecule has 0 bridgehead atoms. The molecule has 1 aromatic heterocycles. The average Bonchev–Trinajstić information content (AvgIpc) is 2.72. The van der Waals surface area contributed by atoms with Crippen LogP contribution in [0.2, 0.25) is 0 Å². The molecule has 3 amide bonds. The lowest BCUT2D eigenvalue weighted by Crippen LogP contribution is -2.43. The lowest BCUT2D eigenvalue weighted by Gasteiger charge is -2.31. The molecular formula is C16H24N6O2. The van der Waals surface area contributed by atoms with Crippen LogP contribution in [0.15, 0.2) is 6.33 Å². The first kappa shape index (κ1) is 16.6. The molecule has 2 aliphatic heterocycles. The second kappa shape index (κ2) is 6.01. The fourth-order valence-corrected chi connectivity index (χ4v) is 3.22. The number of anilines is 1. The quantitative estimate of drug-likeness (QED) is 0.795. The van der Waals surface area contributed by atoms with Gasteiger partial charge < -0.3 is 10.2 Å². The van der Waals surface area contributed by atoms with Gasteiger partial charge in [0, 0.05) is 52.3 Å². The van der Waals surface area contributed by atoms with Gasteiger partial charge in [-0.25, -0.2) is 14.8 Å². The Hall–Kier alpha value is -2.22. The number of imide groups is 1. The highest BCUT2D eigenvalue weighted by Gasteiger charge is 2.44. The van der Waals surface area contributed by atoms with Gasteiger partial charge in [-0.1, -0.05) is 0 Å². The number of hydrogen-bond donors (Lipinski definition) is 1. The number of fused-ring (bicyclic) bond motifs is 1. The van der Waals surface area contributed by atoms with E-state index >= 15 is 0 Å². The zero-order valence-corrected chi connectivity index (χ0v) is 14.7. The van der Waals surface area contributed by atoms with Crippen molar-refractivity contribution in [3.8, 4) is 0 Å². The minimum atomic E-state index is -0.808. The van der Waals surface area contributed by atoms with Crippen molar-refractivity contribution >= 4 is 17.8 Å². The number of urea groups is 1. The predicted molar refractivity (Wildman–Crippen MR) is 89.7 cm³/mol. The standard InChI is InChI=1S/C16H24N6O2/c1-16(2)14(23)22(15(24)19-16)8-7-21-6-5-12-11(9-21)13(20(3)4)18-10-17-12/h10H,5-9H2,1-4H3,(H,19,24). The van der Waals surface area contributed by atoms with Crippen molar-refractivity contribution in [1.29, 1.82) is 0 Å². The molecule has 1 aromatic rings. The molecule has 8 nitrogen and oxygen atoms in total. The van der Waals surface area contributed by atoms with Crippen LogP contribution in [0.25, 0.3) is 0 Å². The summed E-state index contributed by atoms with van der Waals surface area (Å²) >= 11 is 0. The van der Waals surface area contributed by atoms with Gasteiger partial charge in [-0.15, -0.1) is 0 Å². The van der Waals surface area contributed by atoms with E-state index in [1.807, 2.05) is 19.0 Å². The van der Waals surface area contributed by atoms with Crippen LogP contribution in [-0.2, 0) is 17.8 Å². The third kappa shape index (κ3) is 2.93. The first-order chi connectivity index (χ1) is 11.3. The summed E-state index contributed by atoms with van der Waals surface area (Å²) in [5.74, 6) is 0.767. The van der Waals surface area contributed by atoms with Crippen LogP contribution >= 0.6 is 0 Å². The molecule has 3 heterocycles. The highest BCUT2D eigenvalue weighted by Crippen LogP contribution is 2.24. The maximum atomic E-state index is 12.2. The zero-order chi connectivity index (χ0) is 17.5. The molecule has 24 heavy (non-hydrogen) atoms. The third-order valence-electron chi connectivity index (χ3n) is 4.57. The number of amides is 3. The van der Waals surface area contributed by atoms with E-state index in [1.54, 1.807) is 20.2 Å². The lowest BCUT2D eigenvalue weighted by molar-refractivity contribution is -0.130. The van der Waals surface area contributed by atoms with Crippen molar-refractivity contribution in [2.24, 2.45) is 0 Å². The van der Waals surface area contributed by atoms with Crippen LogP contribution in [-0.4, -0.2) is 71.0 Å². The molecular weight excluding hydrogens is 308 g/mol. The molecule has 0 radical (unpaired) electrons. The second-order valence-corrected chi connectivity index (χ2v) is 7.06. The molecule has 0 spiro atoms. The normalized spacial score (nSPS) is 20.1. The summed E-state index contributed by atoms with van der Waals surface area (Å²) in [5.41, 5.74) is 1.41. The molecule has 2 aliphatic rings. The van der Waals surface area contributed by atoms with E-state index in [-0.39, 0.29) is 11.9 Å². The molecule has 130 valence electrons. The summed E-state index contributed by atoms with van der Waals surface area (Å²) in [6.07, 6.45) is 2.46. The minimum absolute atomic E-state index is 0.165. The summed E-state index contributed by atoms with van der Waals surface area (Å²) in [6, 6.07) is -0.306. The Balaban J connectivity index is 1.67. The highest BCUT2D eigenvalue weighted by molar-refractivity contribution is 6.06. The first-order valence-electron chi connectivity index (χ1n) is 8.16. The van der Waals surface area contributed by atoms with Gasteiger partial charge >= 0.3 is 6.03 Å². The largest absolute Gasteiger partial charge is 0.362 e. The zero-order valence-electron chi connectivity index (χ0n) is 14.7. The van der Waals surface area contributed by atoms with Gasteiger partial charge in [-0.3, -0.25) is 14.6 Å². The van der Waals surface area contributed by atoms with Crippen molar-refractivity contribution < 1.29 is 9.59 Å². The second-order valence-electron chi connectivity index (χ2n) is 7.06. The summed E-state index contributed by atoms with van der Waals surface area (Å²) in [6.45, 7) is 6.10. The Kier molecular flexibility index (Phi) is 4.16. The number of aromatic nitrogens is 2. The van der Waals surface area contributed by atoms with E-state index in [9.17, 15) is 9.59 Å². The van der Waals surface area contributed by atoms with Gasteiger partial charge in [-0.05, 0) is 13.8 Å². The van der Waals surface area contributed by atoms with Crippen molar-refractivity contribution in [3.05, 3.63) is 17.6 Å². The number of rotatable bonds is 4. The fourth-order valence-electron chi connectivity index (χ4n) is 3.22. The molecule has 8 heteroatoms. The van der Waals surface area contributed by atoms with Gasteiger partial charge in [0.15, 0.2) is 0 Å². The van der Waals surface area contributed by atoms with Gasteiger partial charge in [0.05, 0.1) is 5.69 Å². The number of carbonyl (C=O) groups excluding carboxylic acids is 2. The summed E-state index contributed by atoms with van der Waals surface area (Å²) in [7, 11) is 3.94.